The van der Waals surface area contributed by atoms with E-state index in [4.69, 9.17) is 5.26 Å². The predicted octanol–water partition coefficient (Wildman–Crippen LogP) is 1.40. The SMILES string of the molecule is N#Cc1ccncc1N1C2CCC1C(C(=O)O)C2. The fourth-order valence-corrected chi connectivity index (χ4v) is 3.32. The third kappa shape index (κ3) is 1.46. The van der Waals surface area contributed by atoms with Crippen LogP contribution in [0.25, 0.3) is 0 Å². The summed E-state index contributed by atoms with van der Waals surface area (Å²) in [5, 5.41) is 18.3. The molecule has 0 saturated carbocycles. The highest BCUT2D eigenvalue weighted by Gasteiger charge is 2.49. The van der Waals surface area contributed by atoms with Crippen molar-refractivity contribution >= 4 is 11.7 Å². The number of rotatable bonds is 2. The van der Waals surface area contributed by atoms with Gasteiger partial charge in [-0.05, 0) is 25.3 Å². The Morgan fingerprint density at radius 2 is 2.39 bits per heavy atom. The van der Waals surface area contributed by atoms with Gasteiger partial charge in [-0.25, -0.2) is 0 Å². The second kappa shape index (κ2) is 3.98. The fraction of sp³-hybridized carbons (Fsp3) is 0.462. The number of anilines is 1. The summed E-state index contributed by atoms with van der Waals surface area (Å²) in [5.74, 6) is -1.04. The molecule has 2 fully saturated rings. The molecule has 0 amide bonds. The lowest BCUT2D eigenvalue weighted by atomic mass is 9.89. The zero-order chi connectivity index (χ0) is 12.7. The van der Waals surface area contributed by atoms with Gasteiger partial charge in [0.1, 0.15) is 6.07 Å². The molecule has 1 aromatic heterocycles. The van der Waals surface area contributed by atoms with Gasteiger partial charge in [0, 0.05) is 18.3 Å². The number of nitriles is 1. The second-order valence-electron chi connectivity index (χ2n) is 4.89. The van der Waals surface area contributed by atoms with E-state index >= 15 is 0 Å². The Morgan fingerprint density at radius 3 is 3.06 bits per heavy atom. The van der Waals surface area contributed by atoms with Crippen LogP contribution in [0.4, 0.5) is 5.69 Å². The normalized spacial score (nSPS) is 29.3. The molecule has 3 atom stereocenters. The Balaban J connectivity index is 1.99. The van der Waals surface area contributed by atoms with Gasteiger partial charge < -0.3 is 10.0 Å². The summed E-state index contributed by atoms with van der Waals surface area (Å²) in [5.41, 5.74) is 1.36. The van der Waals surface area contributed by atoms with E-state index in [0.717, 1.165) is 18.5 Å². The number of pyridine rings is 1. The Labute approximate surface area is 105 Å². The number of carboxylic acids is 1. The van der Waals surface area contributed by atoms with Crippen molar-refractivity contribution in [2.24, 2.45) is 5.92 Å². The maximum atomic E-state index is 11.2. The van der Waals surface area contributed by atoms with Gasteiger partial charge in [-0.2, -0.15) is 5.26 Å². The molecule has 0 aliphatic carbocycles. The van der Waals surface area contributed by atoms with Crippen LogP contribution < -0.4 is 4.90 Å². The number of aromatic nitrogens is 1. The molecule has 18 heavy (non-hydrogen) atoms. The van der Waals surface area contributed by atoms with Gasteiger partial charge in [0.2, 0.25) is 0 Å². The smallest absolute Gasteiger partial charge is 0.308 e. The highest BCUT2D eigenvalue weighted by Crippen LogP contribution is 2.45. The molecule has 3 unspecified atom stereocenters. The molecule has 2 saturated heterocycles. The molecular formula is C13H13N3O2. The number of hydrogen-bond donors (Lipinski definition) is 1. The summed E-state index contributed by atoms with van der Waals surface area (Å²) in [6.45, 7) is 0. The molecule has 1 aromatic rings. The molecular weight excluding hydrogens is 230 g/mol. The Morgan fingerprint density at radius 1 is 1.56 bits per heavy atom. The molecule has 92 valence electrons. The van der Waals surface area contributed by atoms with Crippen molar-refractivity contribution in [1.29, 1.82) is 5.26 Å². The minimum atomic E-state index is -0.727. The fourth-order valence-electron chi connectivity index (χ4n) is 3.32. The van der Waals surface area contributed by atoms with Crippen LogP contribution in [-0.2, 0) is 4.79 Å². The van der Waals surface area contributed by atoms with Crippen molar-refractivity contribution in [2.75, 3.05) is 4.90 Å². The van der Waals surface area contributed by atoms with Gasteiger partial charge in [0.25, 0.3) is 0 Å². The highest BCUT2D eigenvalue weighted by atomic mass is 16.4. The average molecular weight is 243 g/mol. The largest absolute Gasteiger partial charge is 0.481 e. The molecule has 3 heterocycles. The summed E-state index contributed by atoms with van der Waals surface area (Å²) in [6, 6.07) is 4.10. The van der Waals surface area contributed by atoms with E-state index in [2.05, 4.69) is 16.0 Å². The maximum absolute atomic E-state index is 11.2. The minimum Gasteiger partial charge on any atom is -0.481 e. The molecule has 2 aliphatic heterocycles. The van der Waals surface area contributed by atoms with E-state index in [1.54, 1.807) is 18.5 Å². The lowest BCUT2D eigenvalue weighted by Crippen LogP contribution is -2.33. The number of fused-ring (bicyclic) bond motifs is 2. The Hall–Kier alpha value is -2.09. The van der Waals surface area contributed by atoms with E-state index in [0.29, 0.717) is 12.0 Å². The van der Waals surface area contributed by atoms with Crippen molar-refractivity contribution in [3.8, 4) is 6.07 Å². The lowest BCUT2D eigenvalue weighted by molar-refractivity contribution is -0.142. The van der Waals surface area contributed by atoms with Crippen molar-refractivity contribution in [2.45, 2.75) is 31.3 Å². The first kappa shape index (κ1) is 11.0. The zero-order valence-electron chi connectivity index (χ0n) is 9.78. The first-order valence-electron chi connectivity index (χ1n) is 6.07. The molecule has 5 heteroatoms. The van der Waals surface area contributed by atoms with Crippen molar-refractivity contribution in [3.63, 3.8) is 0 Å². The highest BCUT2D eigenvalue weighted by molar-refractivity contribution is 5.74. The molecule has 1 N–H and O–H groups in total. The van der Waals surface area contributed by atoms with Gasteiger partial charge in [0.15, 0.2) is 0 Å². The summed E-state index contributed by atoms with van der Waals surface area (Å²) >= 11 is 0. The van der Waals surface area contributed by atoms with Crippen LogP contribution in [0.5, 0.6) is 0 Å². The van der Waals surface area contributed by atoms with Crippen LogP contribution in [0.2, 0.25) is 0 Å². The van der Waals surface area contributed by atoms with Crippen LogP contribution >= 0.6 is 0 Å². The third-order valence-electron chi connectivity index (χ3n) is 4.05. The zero-order valence-corrected chi connectivity index (χ0v) is 9.78. The lowest BCUT2D eigenvalue weighted by Gasteiger charge is -2.25. The van der Waals surface area contributed by atoms with Crippen LogP contribution in [0.3, 0.4) is 0 Å². The van der Waals surface area contributed by atoms with Crippen LogP contribution in [0.1, 0.15) is 24.8 Å². The number of aliphatic carboxylic acids is 1. The topological polar surface area (TPSA) is 77.2 Å². The summed E-state index contributed by atoms with van der Waals surface area (Å²) in [7, 11) is 0. The number of carboxylic acid groups (broad SMARTS) is 1. The molecule has 0 spiro atoms. The number of hydrogen-bond acceptors (Lipinski definition) is 4. The van der Waals surface area contributed by atoms with Gasteiger partial charge in [-0.3, -0.25) is 9.78 Å². The van der Waals surface area contributed by atoms with Crippen LogP contribution in [0.15, 0.2) is 18.5 Å². The Bertz CT molecular complexity index is 537. The monoisotopic (exact) mass is 243 g/mol. The summed E-state index contributed by atoms with van der Waals surface area (Å²) in [4.78, 5) is 17.4. The predicted molar refractivity (Wildman–Crippen MR) is 64.0 cm³/mol. The standard InChI is InChI=1S/C13H13N3O2/c14-6-8-3-4-15-7-12(8)16-9-1-2-11(16)10(5-9)13(17)18/h3-4,7,9-11H,1-2,5H2,(H,17,18). The van der Waals surface area contributed by atoms with E-state index in [1.807, 2.05) is 0 Å². The molecule has 2 aliphatic rings. The second-order valence-corrected chi connectivity index (χ2v) is 4.89. The van der Waals surface area contributed by atoms with Gasteiger partial charge in [0.05, 0.1) is 23.4 Å². The van der Waals surface area contributed by atoms with Gasteiger partial charge in [-0.1, -0.05) is 0 Å². The number of carbonyl (C=O) groups is 1. The van der Waals surface area contributed by atoms with Crippen LogP contribution in [0, 0.1) is 17.2 Å². The van der Waals surface area contributed by atoms with Crippen molar-refractivity contribution in [1.82, 2.24) is 4.98 Å². The van der Waals surface area contributed by atoms with E-state index in [-0.39, 0.29) is 18.0 Å². The molecule has 2 bridgehead atoms. The molecule has 3 rings (SSSR count). The first-order chi connectivity index (χ1) is 8.72. The third-order valence-corrected chi connectivity index (χ3v) is 4.05. The number of nitrogens with zero attached hydrogens (tertiary/aromatic N) is 3. The quantitative estimate of drug-likeness (QED) is 0.849. The van der Waals surface area contributed by atoms with Crippen molar-refractivity contribution in [3.05, 3.63) is 24.0 Å². The molecule has 5 nitrogen and oxygen atoms in total. The van der Waals surface area contributed by atoms with Gasteiger partial charge in [-0.15, -0.1) is 0 Å². The summed E-state index contributed by atoms with van der Waals surface area (Å²) < 4.78 is 0. The first-order valence-corrected chi connectivity index (χ1v) is 6.07. The van der Waals surface area contributed by atoms with Crippen molar-refractivity contribution < 1.29 is 9.90 Å². The minimum absolute atomic E-state index is 0.0174. The molecule has 0 radical (unpaired) electrons. The molecule has 0 aromatic carbocycles. The van der Waals surface area contributed by atoms with E-state index < -0.39 is 5.97 Å². The maximum Gasteiger partial charge on any atom is 0.308 e. The average Bonchev–Trinajstić information content (AvgIpc) is 2.96. The van der Waals surface area contributed by atoms with Gasteiger partial charge >= 0.3 is 5.97 Å². The Kier molecular flexibility index (Phi) is 2.44. The van der Waals surface area contributed by atoms with E-state index in [1.165, 1.54) is 0 Å². The van der Waals surface area contributed by atoms with Crippen LogP contribution in [-0.4, -0.2) is 28.1 Å². The summed E-state index contributed by atoms with van der Waals surface area (Å²) in [6.07, 6.45) is 5.85. The van der Waals surface area contributed by atoms with E-state index in [9.17, 15) is 9.90 Å².